The fourth-order valence-electron chi connectivity index (χ4n) is 2.39. The van der Waals surface area contributed by atoms with E-state index in [2.05, 4.69) is 15.6 Å². The summed E-state index contributed by atoms with van der Waals surface area (Å²) in [7, 11) is 0. The molecule has 0 aliphatic heterocycles. The Hall–Kier alpha value is -2.83. The third-order valence-electron chi connectivity index (χ3n) is 3.52. The predicted octanol–water partition coefficient (Wildman–Crippen LogP) is 1.51. The van der Waals surface area contributed by atoms with Gasteiger partial charge in [-0.15, -0.1) is 0 Å². The number of rotatable bonds is 7. The van der Waals surface area contributed by atoms with Gasteiger partial charge in [-0.1, -0.05) is 32.0 Å². The van der Waals surface area contributed by atoms with Gasteiger partial charge in [-0.05, 0) is 24.5 Å². The zero-order chi connectivity index (χ0) is 17.7. The number of aliphatic carboxylic acids is 1. The molecule has 0 aliphatic rings. The number of hydrogen-bond acceptors (Lipinski definition) is 3. The number of carboxylic acid groups (broad SMARTS) is 1. The molecule has 24 heavy (non-hydrogen) atoms. The molecule has 1 aromatic heterocycles. The lowest BCUT2D eigenvalue weighted by molar-refractivity contribution is -0.142. The largest absolute Gasteiger partial charge is 0.480 e. The Morgan fingerprint density at radius 2 is 1.92 bits per heavy atom. The van der Waals surface area contributed by atoms with Crippen molar-refractivity contribution < 1.29 is 19.5 Å². The van der Waals surface area contributed by atoms with Gasteiger partial charge >= 0.3 is 5.97 Å². The predicted molar refractivity (Wildman–Crippen MR) is 89.7 cm³/mol. The van der Waals surface area contributed by atoms with Crippen molar-refractivity contribution in [3.8, 4) is 0 Å². The van der Waals surface area contributed by atoms with Crippen LogP contribution in [0.15, 0.2) is 30.3 Å². The highest BCUT2D eigenvalue weighted by molar-refractivity contribution is 5.99. The number of aromatic nitrogens is 1. The van der Waals surface area contributed by atoms with E-state index in [0.717, 1.165) is 10.9 Å². The molecule has 0 radical (unpaired) electrons. The second kappa shape index (κ2) is 7.63. The van der Waals surface area contributed by atoms with Crippen molar-refractivity contribution in [3.05, 3.63) is 36.0 Å². The van der Waals surface area contributed by atoms with Crippen LogP contribution in [0.1, 0.15) is 30.8 Å². The van der Waals surface area contributed by atoms with E-state index in [4.69, 9.17) is 5.11 Å². The first kappa shape index (κ1) is 17.5. The Morgan fingerprint density at radius 3 is 2.54 bits per heavy atom. The second-order valence-corrected chi connectivity index (χ2v) is 6.04. The standard InChI is InChI=1S/C17H21N3O4/c1-10(2)7-14(17(23)24)20-15(21)9-18-16(22)13-8-11-5-3-4-6-12(11)19-13/h3-6,8,10,14,19H,7,9H2,1-2H3,(H,18,22)(H,20,21)(H,23,24)/t14-/m0/s1. The Balaban J connectivity index is 1.90. The molecule has 0 bridgehead atoms. The molecule has 0 spiro atoms. The summed E-state index contributed by atoms with van der Waals surface area (Å²) in [6.45, 7) is 3.47. The quantitative estimate of drug-likeness (QED) is 0.616. The number of H-pyrrole nitrogens is 1. The molecular formula is C17H21N3O4. The number of hydrogen-bond donors (Lipinski definition) is 4. The summed E-state index contributed by atoms with van der Waals surface area (Å²) in [5, 5.41) is 14.9. The lowest BCUT2D eigenvalue weighted by Gasteiger charge is -2.16. The van der Waals surface area contributed by atoms with E-state index in [1.54, 1.807) is 6.07 Å². The molecule has 2 aromatic rings. The molecular weight excluding hydrogens is 310 g/mol. The maximum Gasteiger partial charge on any atom is 0.326 e. The minimum Gasteiger partial charge on any atom is -0.480 e. The summed E-state index contributed by atoms with van der Waals surface area (Å²) >= 11 is 0. The molecule has 0 unspecified atom stereocenters. The van der Waals surface area contributed by atoms with Crippen LogP contribution in [-0.2, 0) is 9.59 Å². The molecule has 0 fully saturated rings. The fraction of sp³-hybridized carbons (Fsp3) is 0.353. The molecule has 128 valence electrons. The topological polar surface area (TPSA) is 111 Å². The van der Waals surface area contributed by atoms with Crippen molar-refractivity contribution >= 4 is 28.7 Å². The lowest BCUT2D eigenvalue weighted by Crippen LogP contribution is -2.46. The third kappa shape index (κ3) is 4.58. The van der Waals surface area contributed by atoms with Crippen LogP contribution < -0.4 is 10.6 Å². The normalized spacial score (nSPS) is 12.1. The van der Waals surface area contributed by atoms with Gasteiger partial charge in [0, 0.05) is 10.9 Å². The van der Waals surface area contributed by atoms with E-state index in [1.165, 1.54) is 0 Å². The summed E-state index contributed by atoms with van der Waals surface area (Å²) in [6, 6.07) is 8.19. The van der Waals surface area contributed by atoms with Gasteiger partial charge in [0.05, 0.1) is 6.54 Å². The van der Waals surface area contributed by atoms with Crippen molar-refractivity contribution in [1.82, 2.24) is 15.6 Å². The first-order chi connectivity index (χ1) is 11.4. The van der Waals surface area contributed by atoms with Gasteiger partial charge in [-0.3, -0.25) is 9.59 Å². The molecule has 2 rings (SSSR count). The first-order valence-corrected chi connectivity index (χ1v) is 7.75. The summed E-state index contributed by atoms with van der Waals surface area (Å²) in [5.74, 6) is -1.91. The van der Waals surface area contributed by atoms with Crippen LogP contribution in [-0.4, -0.2) is 40.5 Å². The van der Waals surface area contributed by atoms with E-state index < -0.39 is 23.8 Å². The van der Waals surface area contributed by atoms with E-state index in [0.29, 0.717) is 12.1 Å². The maximum absolute atomic E-state index is 12.1. The van der Waals surface area contributed by atoms with Crippen LogP contribution in [0.5, 0.6) is 0 Å². The first-order valence-electron chi connectivity index (χ1n) is 7.75. The third-order valence-corrected chi connectivity index (χ3v) is 3.52. The van der Waals surface area contributed by atoms with Crippen LogP contribution in [0.4, 0.5) is 0 Å². The highest BCUT2D eigenvalue weighted by Gasteiger charge is 2.21. The van der Waals surface area contributed by atoms with Gasteiger partial charge in [-0.25, -0.2) is 4.79 Å². The molecule has 0 saturated carbocycles. The van der Waals surface area contributed by atoms with Crippen molar-refractivity contribution in [2.75, 3.05) is 6.54 Å². The average Bonchev–Trinajstić information content (AvgIpc) is 2.95. The van der Waals surface area contributed by atoms with E-state index >= 15 is 0 Å². The Kier molecular flexibility index (Phi) is 5.57. The van der Waals surface area contributed by atoms with Crippen molar-refractivity contribution in [3.63, 3.8) is 0 Å². The van der Waals surface area contributed by atoms with Gasteiger partial charge in [0.2, 0.25) is 5.91 Å². The number of para-hydroxylation sites is 1. The number of carbonyl (C=O) groups is 3. The summed E-state index contributed by atoms with van der Waals surface area (Å²) < 4.78 is 0. The van der Waals surface area contributed by atoms with Crippen LogP contribution in [0.25, 0.3) is 10.9 Å². The number of carboxylic acids is 1. The second-order valence-electron chi connectivity index (χ2n) is 6.04. The summed E-state index contributed by atoms with van der Waals surface area (Å²) in [6.07, 6.45) is 0.330. The number of fused-ring (bicyclic) bond motifs is 1. The molecule has 4 N–H and O–H groups in total. The van der Waals surface area contributed by atoms with Crippen LogP contribution >= 0.6 is 0 Å². The van der Waals surface area contributed by atoms with Gasteiger partial charge in [0.25, 0.3) is 5.91 Å². The minimum absolute atomic E-state index is 0.132. The Labute approximate surface area is 139 Å². The van der Waals surface area contributed by atoms with Crippen LogP contribution in [0.3, 0.4) is 0 Å². The monoisotopic (exact) mass is 331 g/mol. The molecule has 1 atom stereocenters. The van der Waals surface area contributed by atoms with Gasteiger partial charge < -0.3 is 20.7 Å². The molecule has 1 aromatic carbocycles. The lowest BCUT2D eigenvalue weighted by atomic mass is 10.0. The SMILES string of the molecule is CC(C)C[C@H](NC(=O)CNC(=O)c1cc2ccccc2[nH]1)C(=O)O. The minimum atomic E-state index is -1.08. The summed E-state index contributed by atoms with van der Waals surface area (Å²) in [5.41, 5.74) is 1.18. The van der Waals surface area contributed by atoms with E-state index in [1.807, 2.05) is 38.1 Å². The number of benzene rings is 1. The van der Waals surface area contributed by atoms with Gasteiger partial charge in [0.15, 0.2) is 0 Å². The number of nitrogens with one attached hydrogen (secondary N) is 3. The zero-order valence-corrected chi connectivity index (χ0v) is 13.6. The fourth-order valence-corrected chi connectivity index (χ4v) is 2.39. The molecule has 1 heterocycles. The van der Waals surface area contributed by atoms with Crippen molar-refractivity contribution in [2.45, 2.75) is 26.3 Å². The Morgan fingerprint density at radius 1 is 1.21 bits per heavy atom. The zero-order valence-electron chi connectivity index (χ0n) is 13.6. The van der Waals surface area contributed by atoms with E-state index in [9.17, 15) is 14.4 Å². The highest BCUT2D eigenvalue weighted by Crippen LogP contribution is 2.14. The van der Waals surface area contributed by atoms with E-state index in [-0.39, 0.29) is 12.5 Å². The summed E-state index contributed by atoms with van der Waals surface area (Å²) in [4.78, 5) is 38.0. The molecule has 7 nitrogen and oxygen atoms in total. The van der Waals surface area contributed by atoms with Crippen LogP contribution in [0.2, 0.25) is 0 Å². The molecule has 7 heteroatoms. The average molecular weight is 331 g/mol. The molecule has 2 amide bonds. The highest BCUT2D eigenvalue weighted by atomic mass is 16.4. The smallest absolute Gasteiger partial charge is 0.326 e. The van der Waals surface area contributed by atoms with Crippen molar-refractivity contribution in [1.29, 1.82) is 0 Å². The molecule has 0 aliphatic carbocycles. The van der Waals surface area contributed by atoms with Gasteiger partial charge in [0.1, 0.15) is 11.7 Å². The molecule has 0 saturated heterocycles. The Bertz CT molecular complexity index is 718. The van der Waals surface area contributed by atoms with Gasteiger partial charge in [-0.2, -0.15) is 0 Å². The van der Waals surface area contributed by atoms with Crippen LogP contribution in [0, 0.1) is 5.92 Å². The van der Waals surface area contributed by atoms with Crippen molar-refractivity contribution in [2.24, 2.45) is 5.92 Å². The number of amides is 2. The maximum atomic E-state index is 12.1. The number of aromatic amines is 1. The number of carbonyl (C=O) groups excluding carboxylic acids is 2.